The fraction of sp³-hybridized carbons (Fsp3) is 0.913. The highest BCUT2D eigenvalue weighted by Gasteiger charge is 2.00. The number of carboxylic acid groups (broad SMARTS) is 2. The van der Waals surface area contributed by atoms with Crippen molar-refractivity contribution in [3.63, 3.8) is 0 Å². The third-order valence-electron chi connectivity index (χ3n) is 4.16. The van der Waals surface area contributed by atoms with Gasteiger partial charge in [-0.15, -0.1) is 0 Å². The molecule has 0 aliphatic carbocycles. The van der Waals surface area contributed by atoms with Crippen LogP contribution in [0.2, 0.25) is 0 Å². The molecule has 0 rings (SSSR count). The summed E-state index contributed by atoms with van der Waals surface area (Å²) in [6.45, 7) is 5.19. The average molecular weight is 437 g/mol. The van der Waals surface area contributed by atoms with Gasteiger partial charge in [0.1, 0.15) is 6.10 Å². The van der Waals surface area contributed by atoms with Gasteiger partial charge in [-0.2, -0.15) is 0 Å². The molecule has 0 fully saturated rings. The predicted molar refractivity (Wildman–Crippen MR) is 121 cm³/mol. The Balaban J connectivity index is -0.000000771. The SMILES string of the molecule is CC(=O)O.CC(=O)O.CCCCCCCCCCCCCCCCOCC(O)CO. The number of aliphatic hydroxyl groups is 2. The molecule has 7 heteroatoms. The van der Waals surface area contributed by atoms with E-state index < -0.39 is 18.0 Å². The molecule has 0 heterocycles. The van der Waals surface area contributed by atoms with Crippen LogP contribution in [0.5, 0.6) is 0 Å². The fourth-order valence-corrected chi connectivity index (χ4v) is 2.67. The maximum atomic E-state index is 9.10. The Morgan fingerprint density at radius 2 is 1.00 bits per heavy atom. The highest BCUT2D eigenvalue weighted by atomic mass is 16.5. The largest absolute Gasteiger partial charge is 0.481 e. The van der Waals surface area contributed by atoms with Crippen molar-refractivity contribution in [2.45, 2.75) is 117 Å². The summed E-state index contributed by atoms with van der Waals surface area (Å²) in [5.41, 5.74) is 0. The average Bonchev–Trinajstić information content (AvgIpc) is 2.66. The number of ether oxygens (including phenoxy) is 1. The summed E-state index contributed by atoms with van der Waals surface area (Å²) in [6.07, 6.45) is 18.3. The number of carboxylic acids is 2. The number of rotatable bonds is 18. The molecule has 1 unspecified atom stereocenters. The maximum absolute atomic E-state index is 9.10. The van der Waals surface area contributed by atoms with Crippen molar-refractivity contribution in [3.8, 4) is 0 Å². The lowest BCUT2D eigenvalue weighted by Crippen LogP contribution is -2.19. The Bertz CT molecular complexity index is 328. The van der Waals surface area contributed by atoms with Gasteiger partial charge >= 0.3 is 0 Å². The number of hydrogen-bond acceptors (Lipinski definition) is 5. The van der Waals surface area contributed by atoms with Crippen LogP contribution in [0, 0.1) is 0 Å². The molecule has 0 saturated heterocycles. The smallest absolute Gasteiger partial charge is 0.300 e. The van der Waals surface area contributed by atoms with Crippen LogP contribution in [0.25, 0.3) is 0 Å². The number of hydrogen-bond donors (Lipinski definition) is 4. The van der Waals surface area contributed by atoms with Gasteiger partial charge in [0.25, 0.3) is 11.9 Å². The minimum absolute atomic E-state index is 0.210. The molecule has 0 aliphatic rings. The lowest BCUT2D eigenvalue weighted by molar-refractivity contribution is -0.135. The molecule has 0 aliphatic heterocycles. The standard InChI is InChI=1S/C19H40O3.2C2H4O2/c1-2-3-4-5-6-7-8-9-10-11-12-13-14-15-16-22-18-19(21)17-20;2*1-2(3)4/h19-21H,2-18H2,1H3;2*1H3,(H,3,4). The molecule has 0 radical (unpaired) electrons. The zero-order chi connectivity index (χ0) is 23.5. The van der Waals surface area contributed by atoms with Gasteiger partial charge in [-0.1, -0.05) is 90.4 Å². The monoisotopic (exact) mass is 436 g/mol. The van der Waals surface area contributed by atoms with Gasteiger partial charge in [-0.25, -0.2) is 0 Å². The van der Waals surface area contributed by atoms with Crippen molar-refractivity contribution in [2.24, 2.45) is 0 Å². The van der Waals surface area contributed by atoms with E-state index in [4.69, 9.17) is 34.8 Å². The van der Waals surface area contributed by atoms with E-state index in [2.05, 4.69) is 6.92 Å². The van der Waals surface area contributed by atoms with Crippen molar-refractivity contribution in [3.05, 3.63) is 0 Å². The van der Waals surface area contributed by atoms with Crippen LogP contribution >= 0.6 is 0 Å². The van der Waals surface area contributed by atoms with E-state index in [1.54, 1.807) is 0 Å². The molecule has 0 spiro atoms. The van der Waals surface area contributed by atoms with E-state index >= 15 is 0 Å². The van der Waals surface area contributed by atoms with E-state index in [1.807, 2.05) is 0 Å². The molecule has 1 atom stereocenters. The minimum Gasteiger partial charge on any atom is -0.481 e. The summed E-state index contributed by atoms with van der Waals surface area (Å²) >= 11 is 0. The molecule has 0 aromatic carbocycles. The minimum atomic E-state index is -0.833. The fourth-order valence-electron chi connectivity index (χ4n) is 2.67. The second-order valence-electron chi connectivity index (χ2n) is 7.55. The van der Waals surface area contributed by atoms with E-state index in [0.29, 0.717) is 6.61 Å². The third kappa shape index (κ3) is 50.5. The van der Waals surface area contributed by atoms with Gasteiger partial charge < -0.3 is 25.2 Å². The summed E-state index contributed by atoms with van der Waals surface area (Å²) in [4.78, 5) is 18.0. The Labute approximate surface area is 183 Å². The lowest BCUT2D eigenvalue weighted by atomic mass is 10.0. The summed E-state index contributed by atoms with van der Waals surface area (Å²) in [6, 6.07) is 0. The Hall–Kier alpha value is -1.18. The molecule has 0 aromatic rings. The lowest BCUT2D eigenvalue weighted by Gasteiger charge is -2.08. The molecule has 182 valence electrons. The van der Waals surface area contributed by atoms with Gasteiger partial charge in [0.2, 0.25) is 0 Å². The number of unbranched alkanes of at least 4 members (excludes halogenated alkanes) is 13. The van der Waals surface area contributed by atoms with E-state index in [9.17, 15) is 0 Å². The van der Waals surface area contributed by atoms with Crippen molar-refractivity contribution >= 4 is 11.9 Å². The summed E-state index contributed by atoms with van der Waals surface area (Å²) < 4.78 is 5.28. The molecule has 30 heavy (non-hydrogen) atoms. The maximum Gasteiger partial charge on any atom is 0.300 e. The van der Waals surface area contributed by atoms with Crippen molar-refractivity contribution < 1.29 is 34.8 Å². The van der Waals surface area contributed by atoms with Gasteiger partial charge in [0.05, 0.1) is 13.2 Å². The molecule has 7 nitrogen and oxygen atoms in total. The van der Waals surface area contributed by atoms with E-state index in [-0.39, 0.29) is 13.2 Å². The van der Waals surface area contributed by atoms with Crippen molar-refractivity contribution in [1.29, 1.82) is 0 Å². The normalized spacial score (nSPS) is 11.0. The second-order valence-corrected chi connectivity index (χ2v) is 7.55. The van der Waals surface area contributed by atoms with Crippen LogP contribution in [-0.4, -0.2) is 58.3 Å². The first-order valence-electron chi connectivity index (χ1n) is 11.5. The van der Waals surface area contributed by atoms with Gasteiger partial charge in [0.15, 0.2) is 0 Å². The molecule has 4 N–H and O–H groups in total. The number of carbonyl (C=O) groups is 2. The highest BCUT2D eigenvalue weighted by molar-refractivity contribution is 5.63. The first-order chi connectivity index (χ1) is 14.3. The van der Waals surface area contributed by atoms with E-state index in [1.165, 1.54) is 83.5 Å². The quantitative estimate of drug-likeness (QED) is 0.222. The van der Waals surface area contributed by atoms with Crippen LogP contribution in [0.3, 0.4) is 0 Å². The summed E-state index contributed by atoms with van der Waals surface area (Å²) in [5.74, 6) is -1.67. The Kier molecular flexibility index (Phi) is 33.5. The van der Waals surface area contributed by atoms with Crippen LogP contribution < -0.4 is 0 Å². The Morgan fingerprint density at radius 1 is 0.700 bits per heavy atom. The van der Waals surface area contributed by atoms with Crippen LogP contribution in [-0.2, 0) is 14.3 Å². The van der Waals surface area contributed by atoms with Gasteiger partial charge in [-0.05, 0) is 6.42 Å². The molecule has 0 saturated carbocycles. The zero-order valence-electron chi connectivity index (χ0n) is 19.6. The van der Waals surface area contributed by atoms with Crippen LogP contribution in [0.4, 0.5) is 0 Å². The van der Waals surface area contributed by atoms with Crippen molar-refractivity contribution in [2.75, 3.05) is 19.8 Å². The van der Waals surface area contributed by atoms with Crippen LogP contribution in [0.15, 0.2) is 0 Å². The molecule has 0 bridgehead atoms. The molecular weight excluding hydrogens is 388 g/mol. The Morgan fingerprint density at radius 3 is 1.30 bits per heavy atom. The molecule has 0 amide bonds. The molecular formula is C23H48O7. The number of aliphatic carboxylic acids is 2. The first kappa shape index (κ1) is 33.5. The van der Waals surface area contributed by atoms with Crippen molar-refractivity contribution in [1.82, 2.24) is 0 Å². The van der Waals surface area contributed by atoms with Crippen LogP contribution in [0.1, 0.15) is 111 Å². The first-order valence-corrected chi connectivity index (χ1v) is 11.5. The highest BCUT2D eigenvalue weighted by Crippen LogP contribution is 2.12. The number of aliphatic hydroxyl groups excluding tert-OH is 2. The predicted octanol–water partition coefficient (Wildman–Crippen LogP) is 5.02. The zero-order valence-corrected chi connectivity index (χ0v) is 19.6. The third-order valence-corrected chi connectivity index (χ3v) is 4.16. The second kappa shape index (κ2) is 30.0. The topological polar surface area (TPSA) is 124 Å². The molecule has 0 aromatic heterocycles. The summed E-state index contributed by atoms with van der Waals surface area (Å²) in [5, 5.41) is 32.6. The van der Waals surface area contributed by atoms with Gasteiger partial charge in [0, 0.05) is 20.5 Å². The van der Waals surface area contributed by atoms with E-state index in [0.717, 1.165) is 20.3 Å². The van der Waals surface area contributed by atoms with Gasteiger partial charge in [-0.3, -0.25) is 9.59 Å². The summed E-state index contributed by atoms with van der Waals surface area (Å²) in [7, 11) is 0.